The zero-order chi connectivity index (χ0) is 21.8. The Bertz CT molecular complexity index is 1250. The predicted octanol–water partition coefficient (Wildman–Crippen LogP) is 1.92. The first kappa shape index (κ1) is 20.5. The third-order valence-electron chi connectivity index (χ3n) is 4.80. The summed E-state index contributed by atoms with van der Waals surface area (Å²) in [6.07, 6.45) is 3.15. The van der Waals surface area contributed by atoms with Gasteiger partial charge < -0.3 is 25.2 Å². The summed E-state index contributed by atoms with van der Waals surface area (Å²) in [4.78, 5) is 20.7. The zero-order valence-electron chi connectivity index (χ0n) is 16.9. The number of nitrogen functional groups attached to an aromatic ring is 1. The van der Waals surface area contributed by atoms with E-state index in [1.54, 1.807) is 18.3 Å². The fraction of sp³-hybridized carbons (Fsp3) is 0.182. The van der Waals surface area contributed by atoms with Crippen LogP contribution in [0.5, 0.6) is 0 Å². The van der Waals surface area contributed by atoms with Gasteiger partial charge in [-0.25, -0.2) is 9.97 Å². The number of rotatable bonds is 7. The van der Waals surface area contributed by atoms with Gasteiger partial charge in [0.1, 0.15) is 5.69 Å². The number of aromatic nitrogens is 4. The summed E-state index contributed by atoms with van der Waals surface area (Å²) in [5.74, 6) is 0.601. The molecule has 0 fully saturated rings. The molecule has 0 atom stereocenters. The molecule has 3 aromatic heterocycles. The van der Waals surface area contributed by atoms with Gasteiger partial charge in [0.15, 0.2) is 17.3 Å². The van der Waals surface area contributed by atoms with E-state index in [-0.39, 0.29) is 24.5 Å². The molecule has 0 radical (unpaired) electrons. The maximum absolute atomic E-state index is 11.9. The number of pyridine rings is 1. The monoisotopic (exact) mass is 418 g/mol. The molecule has 9 nitrogen and oxygen atoms in total. The lowest BCUT2D eigenvalue weighted by atomic mass is 10.1. The van der Waals surface area contributed by atoms with Crippen LogP contribution in [-0.2, 0) is 13.1 Å². The lowest BCUT2D eigenvalue weighted by Gasteiger charge is -2.08. The maximum atomic E-state index is 11.9. The molecule has 0 aliphatic carbocycles. The SMILES string of the molecule is CNCc1ccc(-c2cc(-c3nc(-c4ccc(=O)n(CCO)c4)cnc3N)on2)cc1. The third-order valence-corrected chi connectivity index (χ3v) is 4.80. The first-order chi connectivity index (χ1) is 15.1. The molecule has 0 unspecified atom stereocenters. The standard InChI is InChI=1S/C22H22N6O3/c1-24-11-14-2-4-15(5-3-14)17-10-19(31-27-17)21-22(23)25-12-18(26-21)16-6-7-20(30)28(13-16)8-9-29/h2-7,10,12-13,24,29H,8-9,11H2,1H3,(H2,23,25). The molecule has 4 N–H and O–H groups in total. The molecule has 0 spiro atoms. The number of anilines is 1. The number of nitrogens with one attached hydrogen (secondary N) is 1. The molecule has 0 saturated heterocycles. The topological polar surface area (TPSA) is 132 Å². The van der Waals surface area contributed by atoms with Crippen LogP contribution in [0.4, 0.5) is 5.82 Å². The molecular formula is C22H22N6O3. The third kappa shape index (κ3) is 4.37. The Hall–Kier alpha value is -3.82. The molecule has 9 heteroatoms. The number of nitrogens with two attached hydrogens (primary N) is 1. The van der Waals surface area contributed by atoms with E-state index >= 15 is 0 Å². The molecular weight excluding hydrogens is 396 g/mol. The second-order valence-electron chi connectivity index (χ2n) is 6.97. The van der Waals surface area contributed by atoms with Crippen molar-refractivity contribution in [3.05, 3.63) is 70.8 Å². The maximum Gasteiger partial charge on any atom is 0.250 e. The van der Waals surface area contributed by atoms with Crippen LogP contribution in [0, 0.1) is 0 Å². The Morgan fingerprint density at radius 2 is 1.90 bits per heavy atom. The average molecular weight is 418 g/mol. The Morgan fingerprint density at radius 1 is 1.13 bits per heavy atom. The summed E-state index contributed by atoms with van der Waals surface area (Å²) < 4.78 is 6.92. The van der Waals surface area contributed by atoms with Crippen molar-refractivity contribution in [3.63, 3.8) is 0 Å². The van der Waals surface area contributed by atoms with Gasteiger partial charge in [-0.1, -0.05) is 29.4 Å². The van der Waals surface area contributed by atoms with Gasteiger partial charge in [0.2, 0.25) is 0 Å². The van der Waals surface area contributed by atoms with Crippen molar-refractivity contribution in [2.75, 3.05) is 19.4 Å². The van der Waals surface area contributed by atoms with E-state index in [1.165, 1.54) is 22.4 Å². The van der Waals surface area contributed by atoms with Gasteiger partial charge in [-0.05, 0) is 18.7 Å². The normalized spacial score (nSPS) is 11.0. The number of hydrogen-bond donors (Lipinski definition) is 3. The van der Waals surface area contributed by atoms with E-state index < -0.39 is 0 Å². The number of aliphatic hydroxyl groups is 1. The van der Waals surface area contributed by atoms with E-state index in [0.29, 0.717) is 28.4 Å². The van der Waals surface area contributed by atoms with Gasteiger partial charge in [-0.3, -0.25) is 4.79 Å². The minimum atomic E-state index is -0.206. The first-order valence-electron chi connectivity index (χ1n) is 9.74. The largest absolute Gasteiger partial charge is 0.395 e. The summed E-state index contributed by atoms with van der Waals surface area (Å²) in [5.41, 5.74) is 10.1. The van der Waals surface area contributed by atoms with Gasteiger partial charge in [-0.15, -0.1) is 0 Å². The summed E-state index contributed by atoms with van der Waals surface area (Å²) in [6, 6.07) is 12.8. The van der Waals surface area contributed by atoms with E-state index in [2.05, 4.69) is 20.4 Å². The van der Waals surface area contributed by atoms with Gasteiger partial charge in [-0.2, -0.15) is 0 Å². The fourth-order valence-corrected chi connectivity index (χ4v) is 3.20. The van der Waals surface area contributed by atoms with Gasteiger partial charge in [0, 0.05) is 42.5 Å². The van der Waals surface area contributed by atoms with Crippen LogP contribution < -0.4 is 16.6 Å². The number of hydrogen-bond acceptors (Lipinski definition) is 8. The van der Waals surface area contributed by atoms with E-state index in [0.717, 1.165) is 12.1 Å². The highest BCUT2D eigenvalue weighted by Gasteiger charge is 2.16. The van der Waals surface area contributed by atoms with Crippen LogP contribution in [0.15, 0.2) is 64.2 Å². The van der Waals surface area contributed by atoms with Gasteiger partial charge >= 0.3 is 0 Å². The van der Waals surface area contributed by atoms with Crippen LogP contribution in [-0.4, -0.2) is 38.5 Å². The summed E-state index contributed by atoms with van der Waals surface area (Å²) in [7, 11) is 1.90. The Labute approximate surface area is 178 Å². The lowest BCUT2D eigenvalue weighted by Crippen LogP contribution is -2.20. The molecule has 31 heavy (non-hydrogen) atoms. The number of aliphatic hydroxyl groups excluding tert-OH is 1. The summed E-state index contributed by atoms with van der Waals surface area (Å²) in [6.45, 7) is 0.841. The molecule has 0 saturated carbocycles. The van der Waals surface area contributed by atoms with Crippen molar-refractivity contribution >= 4 is 5.82 Å². The minimum absolute atomic E-state index is 0.140. The van der Waals surface area contributed by atoms with Crippen LogP contribution in [0.25, 0.3) is 34.0 Å². The molecule has 0 amide bonds. The molecule has 0 aliphatic heterocycles. The van der Waals surface area contributed by atoms with Crippen LogP contribution >= 0.6 is 0 Å². The summed E-state index contributed by atoms with van der Waals surface area (Å²) in [5, 5.41) is 16.4. The van der Waals surface area contributed by atoms with Crippen LogP contribution in [0.2, 0.25) is 0 Å². The second kappa shape index (κ2) is 8.90. The highest BCUT2D eigenvalue weighted by molar-refractivity contribution is 5.72. The second-order valence-corrected chi connectivity index (χ2v) is 6.97. The average Bonchev–Trinajstić information content (AvgIpc) is 3.27. The molecule has 4 rings (SSSR count). The molecule has 3 heterocycles. The number of benzene rings is 1. The zero-order valence-corrected chi connectivity index (χ0v) is 16.9. The van der Waals surface area contributed by atoms with Crippen molar-refractivity contribution in [1.29, 1.82) is 0 Å². The predicted molar refractivity (Wildman–Crippen MR) is 117 cm³/mol. The van der Waals surface area contributed by atoms with E-state index in [9.17, 15) is 4.79 Å². The van der Waals surface area contributed by atoms with Crippen molar-refractivity contribution in [2.24, 2.45) is 0 Å². The van der Waals surface area contributed by atoms with Gasteiger partial charge in [0.25, 0.3) is 5.56 Å². The smallest absolute Gasteiger partial charge is 0.250 e. The summed E-state index contributed by atoms with van der Waals surface area (Å²) >= 11 is 0. The van der Waals surface area contributed by atoms with E-state index in [1.807, 2.05) is 31.3 Å². The Kier molecular flexibility index (Phi) is 5.87. The highest BCUT2D eigenvalue weighted by atomic mass is 16.5. The van der Waals surface area contributed by atoms with Crippen LogP contribution in [0.1, 0.15) is 5.56 Å². The highest BCUT2D eigenvalue weighted by Crippen LogP contribution is 2.29. The molecule has 4 aromatic rings. The lowest BCUT2D eigenvalue weighted by molar-refractivity contribution is 0.274. The van der Waals surface area contributed by atoms with Crippen molar-refractivity contribution in [3.8, 4) is 34.0 Å². The van der Waals surface area contributed by atoms with Crippen molar-refractivity contribution in [2.45, 2.75) is 13.1 Å². The molecule has 158 valence electrons. The minimum Gasteiger partial charge on any atom is -0.395 e. The van der Waals surface area contributed by atoms with Gasteiger partial charge in [0.05, 0.1) is 18.5 Å². The molecule has 0 aliphatic rings. The van der Waals surface area contributed by atoms with Crippen molar-refractivity contribution in [1.82, 2.24) is 25.0 Å². The molecule has 0 bridgehead atoms. The Balaban J connectivity index is 1.67. The first-order valence-corrected chi connectivity index (χ1v) is 9.74. The Morgan fingerprint density at radius 3 is 2.65 bits per heavy atom. The van der Waals surface area contributed by atoms with Crippen molar-refractivity contribution < 1.29 is 9.63 Å². The molecule has 1 aromatic carbocycles. The quantitative estimate of drug-likeness (QED) is 0.415. The fourth-order valence-electron chi connectivity index (χ4n) is 3.20. The van der Waals surface area contributed by atoms with Crippen LogP contribution in [0.3, 0.4) is 0 Å². The number of nitrogens with zero attached hydrogens (tertiary/aromatic N) is 4. The van der Waals surface area contributed by atoms with E-state index in [4.69, 9.17) is 15.4 Å².